The number of halogens is 2. The van der Waals surface area contributed by atoms with Crippen molar-refractivity contribution in [3.8, 4) is 11.1 Å². The van der Waals surface area contributed by atoms with Crippen molar-refractivity contribution in [1.82, 2.24) is 9.97 Å². The van der Waals surface area contributed by atoms with E-state index in [9.17, 15) is 22.0 Å². The zero-order valence-electron chi connectivity index (χ0n) is 16.1. The van der Waals surface area contributed by atoms with Crippen molar-refractivity contribution in [2.24, 2.45) is 0 Å². The monoisotopic (exact) mass is 432 g/mol. The predicted octanol–water partition coefficient (Wildman–Crippen LogP) is 4.22. The zero-order valence-corrected chi connectivity index (χ0v) is 17.0. The summed E-state index contributed by atoms with van der Waals surface area (Å²) < 4.78 is 53.1. The zero-order chi connectivity index (χ0) is 22.1. The first-order valence-corrected chi connectivity index (χ1v) is 10.6. The third kappa shape index (κ3) is 4.51. The van der Waals surface area contributed by atoms with Gasteiger partial charge in [0.1, 0.15) is 11.6 Å². The Morgan fingerprint density at radius 1 is 1.03 bits per heavy atom. The Hall–Kier alpha value is -3.20. The fourth-order valence-electron chi connectivity index (χ4n) is 2.82. The highest BCUT2D eigenvalue weighted by Crippen LogP contribution is 2.24. The number of hydrogen-bond acceptors (Lipinski definition) is 5. The molecular weight excluding hydrogens is 414 g/mol. The minimum atomic E-state index is -4.08. The van der Waals surface area contributed by atoms with Crippen molar-refractivity contribution in [1.29, 1.82) is 0 Å². The maximum absolute atomic E-state index is 14.1. The van der Waals surface area contributed by atoms with Gasteiger partial charge in [0, 0.05) is 29.2 Å². The molecule has 3 rings (SSSR count). The molecule has 156 valence electrons. The van der Waals surface area contributed by atoms with Crippen LogP contribution in [0.4, 0.5) is 8.78 Å². The fourth-order valence-corrected chi connectivity index (χ4v) is 4.09. The van der Waals surface area contributed by atoms with E-state index in [4.69, 9.17) is 5.11 Å². The third-order valence-electron chi connectivity index (χ3n) is 4.47. The lowest BCUT2D eigenvalue weighted by molar-refractivity contribution is 0.0691. The molecule has 0 fully saturated rings. The molecule has 9 heteroatoms. The van der Waals surface area contributed by atoms with Gasteiger partial charge in [-0.25, -0.2) is 27.0 Å². The molecule has 0 spiro atoms. The number of sulfone groups is 1. The summed E-state index contributed by atoms with van der Waals surface area (Å²) in [5.74, 6) is -4.60. The molecule has 0 saturated heterocycles. The molecule has 0 radical (unpaired) electrons. The second-order valence-corrected chi connectivity index (χ2v) is 8.93. The third-order valence-corrected chi connectivity index (χ3v) is 6.04. The highest BCUT2D eigenvalue weighted by Gasteiger charge is 2.22. The Morgan fingerprint density at radius 2 is 1.77 bits per heavy atom. The van der Waals surface area contributed by atoms with Crippen molar-refractivity contribution >= 4 is 15.8 Å². The summed E-state index contributed by atoms with van der Waals surface area (Å²) in [5, 5.41) is 8.52. The van der Waals surface area contributed by atoms with Gasteiger partial charge in [-0.15, -0.1) is 0 Å². The number of pyridine rings is 2. The second kappa shape index (κ2) is 8.27. The molecule has 3 aromatic rings. The standard InChI is InChI=1S/C21H18F2N2O4S/c1-12(2)19-8-13(5-6-24-19)14-3-4-20(25-10-14)30(28,29)11-15-7-18(23)16(21(26)27)9-17(15)22/h3-10,12H,11H2,1-2H3,(H,26,27). The van der Waals surface area contributed by atoms with E-state index in [1.807, 2.05) is 19.9 Å². The highest BCUT2D eigenvalue weighted by atomic mass is 32.2. The van der Waals surface area contributed by atoms with Gasteiger partial charge in [-0.2, -0.15) is 0 Å². The van der Waals surface area contributed by atoms with Crippen molar-refractivity contribution in [2.45, 2.75) is 30.5 Å². The number of carboxylic acid groups (broad SMARTS) is 1. The molecule has 0 unspecified atom stereocenters. The number of rotatable bonds is 6. The molecule has 0 saturated carbocycles. The molecule has 2 heterocycles. The van der Waals surface area contributed by atoms with Crippen LogP contribution in [-0.2, 0) is 15.6 Å². The second-order valence-electron chi connectivity index (χ2n) is 7.00. The number of carboxylic acids is 1. The maximum atomic E-state index is 14.1. The van der Waals surface area contributed by atoms with E-state index in [2.05, 4.69) is 9.97 Å². The van der Waals surface area contributed by atoms with Crippen LogP contribution in [0.25, 0.3) is 11.1 Å². The Kier molecular flexibility index (Phi) is 5.93. The minimum absolute atomic E-state index is 0.223. The lowest BCUT2D eigenvalue weighted by atomic mass is 10.0. The van der Waals surface area contributed by atoms with Gasteiger partial charge in [0.25, 0.3) is 0 Å². The van der Waals surface area contributed by atoms with Gasteiger partial charge in [-0.1, -0.05) is 13.8 Å². The number of aromatic nitrogens is 2. The van der Waals surface area contributed by atoms with Crippen molar-refractivity contribution in [3.63, 3.8) is 0 Å². The van der Waals surface area contributed by atoms with Crippen LogP contribution in [0, 0.1) is 11.6 Å². The Labute approximate surface area is 172 Å². The van der Waals surface area contributed by atoms with Gasteiger partial charge in [0.15, 0.2) is 14.9 Å². The van der Waals surface area contributed by atoms with Gasteiger partial charge in [-0.3, -0.25) is 4.98 Å². The lowest BCUT2D eigenvalue weighted by Crippen LogP contribution is -2.10. The van der Waals surface area contributed by atoms with E-state index in [1.54, 1.807) is 18.3 Å². The number of nitrogens with zero attached hydrogens (tertiary/aromatic N) is 2. The summed E-state index contributed by atoms with van der Waals surface area (Å²) >= 11 is 0. The lowest BCUT2D eigenvalue weighted by Gasteiger charge is -2.09. The Balaban J connectivity index is 1.88. The topological polar surface area (TPSA) is 97.2 Å². The predicted molar refractivity (Wildman–Crippen MR) is 106 cm³/mol. The van der Waals surface area contributed by atoms with E-state index >= 15 is 0 Å². The molecule has 0 atom stereocenters. The molecule has 1 N–H and O–H groups in total. The molecule has 0 aliphatic rings. The SMILES string of the molecule is CC(C)c1cc(-c2ccc(S(=O)(=O)Cc3cc(F)c(C(=O)O)cc3F)nc2)ccn1. The van der Waals surface area contributed by atoms with E-state index in [0.29, 0.717) is 17.7 Å². The van der Waals surface area contributed by atoms with Crippen LogP contribution in [0.15, 0.2) is 53.8 Å². The molecular formula is C21H18F2N2O4S. The first kappa shape index (κ1) is 21.5. The van der Waals surface area contributed by atoms with Gasteiger partial charge < -0.3 is 5.11 Å². The first-order valence-electron chi connectivity index (χ1n) is 8.95. The molecule has 0 aliphatic heterocycles. The summed E-state index contributed by atoms with van der Waals surface area (Å²) in [6.45, 7) is 4.01. The van der Waals surface area contributed by atoms with Crippen LogP contribution in [0.2, 0.25) is 0 Å². The number of carbonyl (C=O) groups is 1. The molecule has 0 aliphatic carbocycles. The van der Waals surface area contributed by atoms with Crippen LogP contribution in [-0.4, -0.2) is 29.5 Å². The molecule has 30 heavy (non-hydrogen) atoms. The largest absolute Gasteiger partial charge is 0.478 e. The minimum Gasteiger partial charge on any atom is -0.478 e. The highest BCUT2D eigenvalue weighted by molar-refractivity contribution is 7.90. The molecule has 6 nitrogen and oxygen atoms in total. The van der Waals surface area contributed by atoms with Crippen molar-refractivity contribution in [3.05, 3.63) is 77.2 Å². The summed E-state index contributed by atoms with van der Waals surface area (Å²) in [5.41, 5.74) is 1.05. The summed E-state index contributed by atoms with van der Waals surface area (Å²) in [4.78, 5) is 19.1. The quantitative estimate of drug-likeness (QED) is 0.627. The average Bonchev–Trinajstić information content (AvgIpc) is 2.70. The smallest absolute Gasteiger partial charge is 0.338 e. The summed E-state index contributed by atoms with van der Waals surface area (Å²) in [6, 6.07) is 7.57. The van der Waals surface area contributed by atoms with E-state index in [0.717, 1.165) is 11.3 Å². The van der Waals surface area contributed by atoms with Crippen LogP contribution in [0.5, 0.6) is 0 Å². The van der Waals surface area contributed by atoms with Crippen LogP contribution < -0.4 is 0 Å². The maximum Gasteiger partial charge on any atom is 0.338 e. The average molecular weight is 432 g/mol. The Bertz CT molecular complexity index is 1210. The normalized spacial score (nSPS) is 11.6. The van der Waals surface area contributed by atoms with Crippen molar-refractivity contribution in [2.75, 3.05) is 0 Å². The van der Waals surface area contributed by atoms with Gasteiger partial charge in [0.2, 0.25) is 0 Å². The van der Waals surface area contributed by atoms with Gasteiger partial charge in [0.05, 0.1) is 11.3 Å². The van der Waals surface area contributed by atoms with Gasteiger partial charge >= 0.3 is 5.97 Å². The van der Waals surface area contributed by atoms with Crippen LogP contribution >= 0.6 is 0 Å². The van der Waals surface area contributed by atoms with Gasteiger partial charge in [-0.05, 0) is 47.9 Å². The summed E-state index contributed by atoms with van der Waals surface area (Å²) in [6.07, 6.45) is 3.05. The van der Waals surface area contributed by atoms with E-state index in [1.165, 1.54) is 12.3 Å². The molecule has 0 amide bonds. The Morgan fingerprint density at radius 3 is 2.37 bits per heavy atom. The fraction of sp³-hybridized carbons (Fsp3) is 0.190. The van der Waals surface area contributed by atoms with E-state index in [-0.39, 0.29) is 10.9 Å². The molecule has 0 bridgehead atoms. The molecule has 2 aromatic heterocycles. The van der Waals surface area contributed by atoms with Crippen LogP contribution in [0.1, 0.15) is 41.4 Å². The first-order chi connectivity index (χ1) is 14.1. The number of aromatic carboxylic acids is 1. The van der Waals surface area contributed by atoms with Crippen molar-refractivity contribution < 1.29 is 27.1 Å². The molecule has 1 aromatic carbocycles. The van der Waals surface area contributed by atoms with E-state index < -0.39 is 44.3 Å². The van der Waals surface area contributed by atoms with Crippen LogP contribution in [0.3, 0.4) is 0 Å². The summed E-state index contributed by atoms with van der Waals surface area (Å²) in [7, 11) is -4.08. The number of benzene rings is 1. The number of hydrogen-bond donors (Lipinski definition) is 1.